The fourth-order valence-electron chi connectivity index (χ4n) is 2.19. The zero-order chi connectivity index (χ0) is 16.4. The van der Waals surface area contributed by atoms with Crippen molar-refractivity contribution < 1.29 is 9.59 Å². The van der Waals surface area contributed by atoms with Crippen LogP contribution in [0.2, 0.25) is 0 Å². The Morgan fingerprint density at radius 1 is 1.17 bits per heavy atom. The quantitative estimate of drug-likeness (QED) is 0.723. The van der Waals surface area contributed by atoms with Gasteiger partial charge in [0, 0.05) is 25.6 Å². The van der Waals surface area contributed by atoms with Gasteiger partial charge in [0.2, 0.25) is 11.8 Å². The molecule has 0 saturated carbocycles. The molecule has 5 nitrogen and oxygen atoms in total. The SMILES string of the molecule is CCCNC(=O)CN(CCC)C(=O)CC(N)c1ccccc1.Cl. The molecule has 0 bridgehead atoms. The van der Waals surface area contributed by atoms with Gasteiger partial charge in [-0.15, -0.1) is 12.4 Å². The predicted octanol–water partition coefficient (Wildman–Crippen LogP) is 2.26. The van der Waals surface area contributed by atoms with Crippen LogP contribution in [-0.2, 0) is 9.59 Å². The first-order valence-electron chi connectivity index (χ1n) is 7.93. The molecule has 2 amide bonds. The second kappa shape index (κ2) is 11.9. The summed E-state index contributed by atoms with van der Waals surface area (Å²) in [6, 6.07) is 9.21. The zero-order valence-electron chi connectivity index (χ0n) is 14.0. The molecule has 6 heteroatoms. The Kier molecular flexibility index (Phi) is 11.1. The van der Waals surface area contributed by atoms with Crippen LogP contribution in [0, 0.1) is 0 Å². The fourth-order valence-corrected chi connectivity index (χ4v) is 2.19. The molecule has 0 fully saturated rings. The molecule has 1 aromatic carbocycles. The van der Waals surface area contributed by atoms with Crippen LogP contribution in [0.5, 0.6) is 0 Å². The van der Waals surface area contributed by atoms with Gasteiger partial charge in [0.1, 0.15) is 0 Å². The number of carbonyl (C=O) groups is 2. The molecule has 130 valence electrons. The largest absolute Gasteiger partial charge is 0.355 e. The Balaban J connectivity index is 0.00000484. The monoisotopic (exact) mass is 341 g/mol. The molecule has 1 unspecified atom stereocenters. The zero-order valence-corrected chi connectivity index (χ0v) is 14.8. The van der Waals surface area contributed by atoms with Gasteiger partial charge in [0.05, 0.1) is 6.54 Å². The summed E-state index contributed by atoms with van der Waals surface area (Å²) < 4.78 is 0. The highest BCUT2D eigenvalue weighted by Crippen LogP contribution is 2.14. The van der Waals surface area contributed by atoms with Crippen LogP contribution in [-0.4, -0.2) is 36.3 Å². The van der Waals surface area contributed by atoms with Crippen molar-refractivity contribution in [1.29, 1.82) is 0 Å². The van der Waals surface area contributed by atoms with Crippen molar-refractivity contribution in [1.82, 2.24) is 10.2 Å². The molecule has 3 N–H and O–H groups in total. The van der Waals surface area contributed by atoms with Gasteiger partial charge in [-0.25, -0.2) is 0 Å². The third-order valence-electron chi connectivity index (χ3n) is 3.38. The van der Waals surface area contributed by atoms with E-state index >= 15 is 0 Å². The van der Waals surface area contributed by atoms with Crippen LogP contribution in [0.15, 0.2) is 30.3 Å². The standard InChI is InChI=1S/C17H27N3O2.ClH/c1-3-10-19-16(21)13-20(11-4-2)17(22)12-15(18)14-8-6-5-7-9-14;/h5-9,15H,3-4,10-13,18H2,1-2H3,(H,19,21);1H. The lowest BCUT2D eigenvalue weighted by atomic mass is 10.0. The molecule has 1 rings (SSSR count). The first-order valence-corrected chi connectivity index (χ1v) is 7.93. The van der Waals surface area contributed by atoms with E-state index in [1.54, 1.807) is 4.90 Å². The summed E-state index contributed by atoms with van der Waals surface area (Å²) in [5.41, 5.74) is 7.03. The van der Waals surface area contributed by atoms with Crippen LogP contribution in [0.3, 0.4) is 0 Å². The van der Waals surface area contributed by atoms with Crippen molar-refractivity contribution in [2.75, 3.05) is 19.6 Å². The number of amides is 2. The minimum Gasteiger partial charge on any atom is -0.355 e. The van der Waals surface area contributed by atoms with Gasteiger partial charge in [0.15, 0.2) is 0 Å². The van der Waals surface area contributed by atoms with E-state index in [1.165, 1.54) is 0 Å². The number of hydrogen-bond acceptors (Lipinski definition) is 3. The molecule has 0 aromatic heterocycles. The van der Waals surface area contributed by atoms with E-state index in [-0.39, 0.29) is 43.2 Å². The maximum Gasteiger partial charge on any atom is 0.239 e. The second-order valence-corrected chi connectivity index (χ2v) is 5.39. The van der Waals surface area contributed by atoms with Gasteiger partial charge in [-0.1, -0.05) is 44.2 Å². The number of benzene rings is 1. The molecular weight excluding hydrogens is 314 g/mol. The smallest absolute Gasteiger partial charge is 0.239 e. The lowest BCUT2D eigenvalue weighted by Crippen LogP contribution is -2.42. The van der Waals surface area contributed by atoms with Gasteiger partial charge in [-0.05, 0) is 18.4 Å². The lowest BCUT2D eigenvalue weighted by Gasteiger charge is -2.23. The number of rotatable bonds is 9. The molecule has 0 saturated heterocycles. The highest BCUT2D eigenvalue weighted by molar-refractivity contribution is 5.85. The second-order valence-electron chi connectivity index (χ2n) is 5.39. The van der Waals surface area contributed by atoms with Crippen LogP contribution >= 0.6 is 12.4 Å². The molecule has 0 radical (unpaired) electrons. The Morgan fingerprint density at radius 3 is 2.39 bits per heavy atom. The summed E-state index contributed by atoms with van der Waals surface area (Å²) in [6.45, 7) is 5.29. The number of nitrogens with zero attached hydrogens (tertiary/aromatic N) is 1. The van der Waals surface area contributed by atoms with Crippen molar-refractivity contribution >= 4 is 24.2 Å². The van der Waals surface area contributed by atoms with E-state index in [0.29, 0.717) is 13.1 Å². The molecule has 0 aliphatic heterocycles. The number of carbonyl (C=O) groups excluding carboxylic acids is 2. The fraction of sp³-hybridized carbons (Fsp3) is 0.529. The molecule has 1 atom stereocenters. The van der Waals surface area contributed by atoms with E-state index in [9.17, 15) is 9.59 Å². The molecular formula is C17H28ClN3O2. The van der Waals surface area contributed by atoms with Crippen LogP contribution in [0.1, 0.15) is 44.7 Å². The average Bonchev–Trinajstić information content (AvgIpc) is 2.53. The van der Waals surface area contributed by atoms with E-state index in [4.69, 9.17) is 5.73 Å². The van der Waals surface area contributed by atoms with Gasteiger partial charge < -0.3 is 16.0 Å². The molecule has 23 heavy (non-hydrogen) atoms. The molecule has 0 aliphatic carbocycles. The van der Waals surface area contributed by atoms with Crippen molar-refractivity contribution in [3.05, 3.63) is 35.9 Å². The average molecular weight is 342 g/mol. The van der Waals surface area contributed by atoms with E-state index < -0.39 is 0 Å². The highest BCUT2D eigenvalue weighted by atomic mass is 35.5. The summed E-state index contributed by atoms with van der Waals surface area (Å²) in [4.78, 5) is 25.8. The van der Waals surface area contributed by atoms with Crippen LogP contribution in [0.25, 0.3) is 0 Å². The van der Waals surface area contributed by atoms with Crippen molar-refractivity contribution in [2.24, 2.45) is 5.73 Å². The van der Waals surface area contributed by atoms with Crippen molar-refractivity contribution in [3.63, 3.8) is 0 Å². The molecule has 0 aliphatic rings. The molecule has 0 spiro atoms. The van der Waals surface area contributed by atoms with E-state index in [0.717, 1.165) is 18.4 Å². The topological polar surface area (TPSA) is 75.4 Å². The first kappa shape index (κ1) is 21.4. The number of halogens is 1. The van der Waals surface area contributed by atoms with Gasteiger partial charge in [-0.3, -0.25) is 9.59 Å². The first-order chi connectivity index (χ1) is 10.6. The highest BCUT2D eigenvalue weighted by Gasteiger charge is 2.19. The normalized spacial score (nSPS) is 11.3. The van der Waals surface area contributed by atoms with Crippen LogP contribution in [0.4, 0.5) is 0 Å². The third-order valence-corrected chi connectivity index (χ3v) is 3.38. The number of nitrogens with two attached hydrogens (primary N) is 1. The van der Waals surface area contributed by atoms with E-state index in [1.807, 2.05) is 44.2 Å². The van der Waals surface area contributed by atoms with Crippen molar-refractivity contribution in [2.45, 2.75) is 39.2 Å². The lowest BCUT2D eigenvalue weighted by molar-refractivity contribution is -0.136. The van der Waals surface area contributed by atoms with Gasteiger partial charge in [-0.2, -0.15) is 0 Å². The minimum atomic E-state index is -0.341. The molecule has 0 heterocycles. The Hall–Kier alpha value is -1.59. The third kappa shape index (κ3) is 8.00. The summed E-state index contributed by atoms with van der Waals surface area (Å²) >= 11 is 0. The minimum absolute atomic E-state index is 0. The van der Waals surface area contributed by atoms with Crippen molar-refractivity contribution in [3.8, 4) is 0 Å². The summed E-state index contributed by atoms with van der Waals surface area (Å²) in [5.74, 6) is -0.193. The Morgan fingerprint density at radius 2 is 1.83 bits per heavy atom. The predicted molar refractivity (Wildman–Crippen MR) is 95.4 cm³/mol. The number of nitrogens with one attached hydrogen (secondary N) is 1. The maximum absolute atomic E-state index is 12.4. The Labute approximate surface area is 145 Å². The Bertz CT molecular complexity index is 468. The molecule has 1 aromatic rings. The van der Waals surface area contributed by atoms with Gasteiger partial charge in [0.25, 0.3) is 0 Å². The summed E-state index contributed by atoms with van der Waals surface area (Å²) in [5, 5.41) is 2.80. The summed E-state index contributed by atoms with van der Waals surface area (Å²) in [7, 11) is 0. The number of hydrogen-bond donors (Lipinski definition) is 2. The maximum atomic E-state index is 12.4. The van der Waals surface area contributed by atoms with E-state index in [2.05, 4.69) is 5.32 Å². The van der Waals surface area contributed by atoms with Gasteiger partial charge >= 0.3 is 0 Å². The summed E-state index contributed by atoms with van der Waals surface area (Å²) in [6.07, 6.45) is 1.91. The van der Waals surface area contributed by atoms with Crippen LogP contribution < -0.4 is 11.1 Å².